The number of hydrogen-bond donors (Lipinski definition) is 0. The molecule has 0 amide bonds. The fourth-order valence-corrected chi connectivity index (χ4v) is 1.66. The Morgan fingerprint density at radius 1 is 1.22 bits per heavy atom. The van der Waals surface area contributed by atoms with Gasteiger partial charge in [0.25, 0.3) is 0 Å². The molecule has 18 heavy (non-hydrogen) atoms. The van der Waals surface area contributed by atoms with E-state index in [1.54, 1.807) is 26.2 Å². The summed E-state index contributed by atoms with van der Waals surface area (Å²) < 4.78 is 5.44. The van der Waals surface area contributed by atoms with Crippen molar-refractivity contribution < 1.29 is 9.53 Å². The maximum absolute atomic E-state index is 12.3. The molecule has 0 aromatic heterocycles. The van der Waals surface area contributed by atoms with Gasteiger partial charge in [-0.05, 0) is 32.3 Å². The summed E-state index contributed by atoms with van der Waals surface area (Å²) in [5.74, 6) is 0.470. The summed E-state index contributed by atoms with van der Waals surface area (Å²) in [7, 11) is 0. The van der Waals surface area contributed by atoms with Gasteiger partial charge >= 0.3 is 0 Å². The molecule has 0 aliphatic rings. The summed E-state index contributed by atoms with van der Waals surface area (Å²) in [6.45, 7) is 9.70. The lowest BCUT2D eigenvalue weighted by Crippen LogP contribution is -2.33. The lowest BCUT2D eigenvalue weighted by molar-refractivity contribution is 0.0404. The molecule has 0 spiro atoms. The largest absolute Gasteiger partial charge is 0.488 e. The standard InChI is InChI=1S/C16H22O2/c1-6-11-18-16(4,5)15(17)14-9-7-13(8-10-14)12(2)3/h6-12H,1-5H3. The van der Waals surface area contributed by atoms with Crippen LogP contribution in [0.15, 0.2) is 36.6 Å². The number of hydrogen-bond acceptors (Lipinski definition) is 2. The smallest absolute Gasteiger partial charge is 0.205 e. The predicted octanol–water partition coefficient (Wildman–Crippen LogP) is 4.32. The molecule has 0 bridgehead atoms. The summed E-state index contributed by atoms with van der Waals surface area (Å²) in [5.41, 5.74) is 1.10. The summed E-state index contributed by atoms with van der Waals surface area (Å²) >= 11 is 0. The van der Waals surface area contributed by atoms with E-state index in [-0.39, 0.29) is 5.78 Å². The molecule has 0 N–H and O–H groups in total. The first-order chi connectivity index (χ1) is 8.38. The molecule has 0 heterocycles. The van der Waals surface area contributed by atoms with Gasteiger partial charge in [-0.1, -0.05) is 44.2 Å². The molecule has 0 saturated carbocycles. The fraction of sp³-hybridized carbons (Fsp3) is 0.438. The highest BCUT2D eigenvalue weighted by molar-refractivity contribution is 6.02. The number of benzene rings is 1. The molecule has 0 fully saturated rings. The number of carbonyl (C=O) groups excluding carboxylic acids is 1. The molecule has 0 unspecified atom stereocenters. The first kappa shape index (κ1) is 14.5. The summed E-state index contributed by atoms with van der Waals surface area (Å²) in [4.78, 5) is 12.3. The van der Waals surface area contributed by atoms with Gasteiger partial charge in [-0.15, -0.1) is 0 Å². The average Bonchev–Trinajstić information content (AvgIpc) is 2.35. The molecule has 0 atom stereocenters. The minimum absolute atomic E-state index is 0.00379. The van der Waals surface area contributed by atoms with Crippen LogP contribution in [0.1, 0.15) is 56.5 Å². The Labute approximate surface area is 110 Å². The zero-order valence-electron chi connectivity index (χ0n) is 11.9. The van der Waals surface area contributed by atoms with Crippen LogP contribution in [-0.4, -0.2) is 11.4 Å². The van der Waals surface area contributed by atoms with Crippen LogP contribution in [0, 0.1) is 0 Å². The van der Waals surface area contributed by atoms with Gasteiger partial charge in [0.2, 0.25) is 5.78 Å². The third-order valence-corrected chi connectivity index (χ3v) is 2.89. The molecule has 98 valence electrons. The van der Waals surface area contributed by atoms with Crippen molar-refractivity contribution in [1.82, 2.24) is 0 Å². The van der Waals surface area contributed by atoms with Gasteiger partial charge in [0, 0.05) is 5.56 Å². The summed E-state index contributed by atoms with van der Waals surface area (Å²) in [6.07, 6.45) is 3.33. The Bertz CT molecular complexity index is 425. The van der Waals surface area contributed by atoms with Crippen LogP contribution in [0.5, 0.6) is 0 Å². The van der Waals surface area contributed by atoms with E-state index in [2.05, 4.69) is 13.8 Å². The number of carbonyl (C=O) groups is 1. The molecule has 2 heteroatoms. The van der Waals surface area contributed by atoms with Crippen molar-refractivity contribution in [2.24, 2.45) is 0 Å². The maximum Gasteiger partial charge on any atom is 0.205 e. The van der Waals surface area contributed by atoms with Crippen LogP contribution >= 0.6 is 0 Å². The maximum atomic E-state index is 12.3. The van der Waals surface area contributed by atoms with Gasteiger partial charge < -0.3 is 4.74 Å². The van der Waals surface area contributed by atoms with Gasteiger partial charge in [0.15, 0.2) is 5.60 Å². The average molecular weight is 246 g/mol. The van der Waals surface area contributed by atoms with E-state index in [0.29, 0.717) is 11.5 Å². The normalized spacial score (nSPS) is 12.1. The third kappa shape index (κ3) is 3.46. The van der Waals surface area contributed by atoms with Crippen molar-refractivity contribution in [3.05, 3.63) is 47.7 Å². The Morgan fingerprint density at radius 2 is 1.78 bits per heavy atom. The third-order valence-electron chi connectivity index (χ3n) is 2.89. The van der Waals surface area contributed by atoms with Crippen molar-refractivity contribution in [1.29, 1.82) is 0 Å². The lowest BCUT2D eigenvalue weighted by Gasteiger charge is -2.22. The first-order valence-electron chi connectivity index (χ1n) is 6.32. The molecule has 1 rings (SSSR count). The molecule has 0 aliphatic heterocycles. The van der Waals surface area contributed by atoms with E-state index in [1.807, 2.05) is 31.2 Å². The number of ether oxygens (including phenoxy) is 1. The molecule has 2 nitrogen and oxygen atoms in total. The van der Waals surface area contributed by atoms with E-state index in [4.69, 9.17) is 4.74 Å². The van der Waals surface area contributed by atoms with Gasteiger partial charge in [0.05, 0.1) is 6.26 Å². The van der Waals surface area contributed by atoms with Gasteiger partial charge in [-0.3, -0.25) is 4.79 Å². The Balaban J connectivity index is 2.90. The minimum Gasteiger partial charge on any atom is -0.488 e. The molecular weight excluding hydrogens is 224 g/mol. The second kappa shape index (κ2) is 5.85. The predicted molar refractivity (Wildman–Crippen MR) is 74.8 cm³/mol. The molecular formula is C16H22O2. The van der Waals surface area contributed by atoms with Crippen molar-refractivity contribution in [3.63, 3.8) is 0 Å². The van der Waals surface area contributed by atoms with E-state index >= 15 is 0 Å². The quantitative estimate of drug-likeness (QED) is 0.571. The number of allylic oxidation sites excluding steroid dienone is 1. The van der Waals surface area contributed by atoms with Crippen molar-refractivity contribution in [2.45, 2.75) is 46.1 Å². The van der Waals surface area contributed by atoms with Crippen molar-refractivity contribution in [2.75, 3.05) is 0 Å². The molecule has 1 aromatic carbocycles. The van der Waals surface area contributed by atoms with Gasteiger partial charge in [-0.25, -0.2) is 0 Å². The number of Topliss-reactive ketones (excluding diaryl/α,β-unsaturated/α-hetero) is 1. The number of ketones is 1. The zero-order valence-corrected chi connectivity index (χ0v) is 11.9. The SMILES string of the molecule is CC=COC(C)(C)C(=O)c1ccc(C(C)C)cc1. The highest BCUT2D eigenvalue weighted by Crippen LogP contribution is 2.20. The van der Waals surface area contributed by atoms with Crippen LogP contribution in [0.3, 0.4) is 0 Å². The van der Waals surface area contributed by atoms with Gasteiger partial charge in [-0.2, -0.15) is 0 Å². The topological polar surface area (TPSA) is 26.3 Å². The summed E-state index contributed by atoms with van der Waals surface area (Å²) in [6, 6.07) is 7.75. The minimum atomic E-state index is -0.828. The van der Waals surface area contributed by atoms with Crippen LogP contribution in [0.4, 0.5) is 0 Å². The van der Waals surface area contributed by atoms with Crippen molar-refractivity contribution in [3.8, 4) is 0 Å². The van der Waals surface area contributed by atoms with E-state index in [9.17, 15) is 4.79 Å². The van der Waals surface area contributed by atoms with Crippen LogP contribution in [0.25, 0.3) is 0 Å². The second-order valence-electron chi connectivity index (χ2n) is 5.20. The summed E-state index contributed by atoms with van der Waals surface area (Å²) in [5, 5.41) is 0. The van der Waals surface area contributed by atoms with Crippen LogP contribution in [0.2, 0.25) is 0 Å². The van der Waals surface area contributed by atoms with E-state index in [1.165, 1.54) is 5.56 Å². The van der Waals surface area contributed by atoms with Crippen LogP contribution < -0.4 is 0 Å². The Hall–Kier alpha value is -1.57. The number of rotatable bonds is 5. The monoisotopic (exact) mass is 246 g/mol. The van der Waals surface area contributed by atoms with Crippen LogP contribution in [-0.2, 0) is 4.74 Å². The molecule has 0 aliphatic carbocycles. The van der Waals surface area contributed by atoms with E-state index < -0.39 is 5.60 Å². The van der Waals surface area contributed by atoms with Gasteiger partial charge in [0.1, 0.15) is 0 Å². The highest BCUT2D eigenvalue weighted by Gasteiger charge is 2.29. The van der Waals surface area contributed by atoms with Crippen molar-refractivity contribution >= 4 is 5.78 Å². The highest BCUT2D eigenvalue weighted by atomic mass is 16.5. The second-order valence-corrected chi connectivity index (χ2v) is 5.20. The lowest BCUT2D eigenvalue weighted by atomic mass is 9.94. The zero-order chi connectivity index (χ0) is 13.8. The molecule has 0 saturated heterocycles. The first-order valence-corrected chi connectivity index (χ1v) is 6.32. The fourth-order valence-electron chi connectivity index (χ4n) is 1.66. The molecule has 0 radical (unpaired) electrons. The molecule has 1 aromatic rings. The Morgan fingerprint density at radius 3 is 2.22 bits per heavy atom. The Kier molecular flexibility index (Phi) is 4.71. The van der Waals surface area contributed by atoms with E-state index in [0.717, 1.165) is 0 Å².